The molecule has 0 saturated heterocycles. The fourth-order valence-corrected chi connectivity index (χ4v) is 2.18. The predicted molar refractivity (Wildman–Crippen MR) is 77.6 cm³/mol. The van der Waals surface area contributed by atoms with Crippen molar-refractivity contribution in [1.29, 1.82) is 5.41 Å². The van der Waals surface area contributed by atoms with Crippen LogP contribution in [0.4, 0.5) is 0 Å². The molecule has 0 amide bonds. The molecule has 100 valence electrons. The summed E-state index contributed by atoms with van der Waals surface area (Å²) in [6.07, 6.45) is 3.85. The fourth-order valence-electron chi connectivity index (χ4n) is 2.18. The van der Waals surface area contributed by atoms with Crippen molar-refractivity contribution in [2.24, 2.45) is 5.73 Å². The second kappa shape index (κ2) is 5.26. The lowest BCUT2D eigenvalue weighted by Gasteiger charge is -2.13. The van der Waals surface area contributed by atoms with Crippen LogP contribution in [0.25, 0.3) is 0 Å². The summed E-state index contributed by atoms with van der Waals surface area (Å²) in [5.41, 5.74) is 8.65. The van der Waals surface area contributed by atoms with E-state index in [1.54, 1.807) is 0 Å². The average Bonchev–Trinajstić information content (AvgIpc) is 2.79. The van der Waals surface area contributed by atoms with Crippen LogP contribution >= 0.6 is 0 Å². The van der Waals surface area contributed by atoms with E-state index in [0.717, 1.165) is 23.5 Å². The molecule has 2 aromatic rings. The minimum Gasteiger partial charge on any atom is -0.384 e. The van der Waals surface area contributed by atoms with Crippen molar-refractivity contribution in [2.45, 2.75) is 33.2 Å². The fraction of sp³-hybridized carbons (Fsp3) is 0.333. The van der Waals surface area contributed by atoms with Crippen molar-refractivity contribution in [3.8, 4) is 0 Å². The number of aromatic nitrogens is 2. The van der Waals surface area contributed by atoms with E-state index in [9.17, 15) is 0 Å². The summed E-state index contributed by atoms with van der Waals surface area (Å²) in [7, 11) is 0. The SMILES string of the molecule is Cc1cc(C(=N)N)ccc1Cn1ccnc1C(C)C. The van der Waals surface area contributed by atoms with Crippen molar-refractivity contribution in [3.63, 3.8) is 0 Å². The van der Waals surface area contributed by atoms with Gasteiger partial charge in [-0.05, 0) is 24.1 Å². The van der Waals surface area contributed by atoms with Crippen LogP contribution in [0.15, 0.2) is 30.6 Å². The molecule has 2 rings (SSSR count). The first-order valence-electron chi connectivity index (χ1n) is 6.44. The van der Waals surface area contributed by atoms with Crippen LogP contribution in [0.1, 0.15) is 42.3 Å². The van der Waals surface area contributed by atoms with Gasteiger partial charge in [0.25, 0.3) is 0 Å². The van der Waals surface area contributed by atoms with E-state index in [1.807, 2.05) is 37.5 Å². The van der Waals surface area contributed by atoms with Gasteiger partial charge in [-0.25, -0.2) is 4.98 Å². The minimum atomic E-state index is 0.111. The van der Waals surface area contributed by atoms with Gasteiger partial charge >= 0.3 is 0 Å². The summed E-state index contributed by atoms with van der Waals surface area (Å²) in [5, 5.41) is 7.45. The van der Waals surface area contributed by atoms with Gasteiger partial charge in [-0.1, -0.05) is 26.0 Å². The molecule has 4 heteroatoms. The smallest absolute Gasteiger partial charge is 0.122 e. The molecular formula is C15H20N4. The molecule has 0 fully saturated rings. The number of benzene rings is 1. The van der Waals surface area contributed by atoms with E-state index < -0.39 is 0 Å². The minimum absolute atomic E-state index is 0.111. The quantitative estimate of drug-likeness (QED) is 0.652. The molecule has 0 aliphatic heterocycles. The Balaban J connectivity index is 2.28. The van der Waals surface area contributed by atoms with Gasteiger partial charge in [-0.15, -0.1) is 0 Å². The van der Waals surface area contributed by atoms with Crippen LogP contribution in [0.3, 0.4) is 0 Å². The number of amidine groups is 1. The highest BCUT2D eigenvalue weighted by molar-refractivity contribution is 5.95. The molecule has 0 unspecified atom stereocenters. The highest BCUT2D eigenvalue weighted by atomic mass is 15.1. The third kappa shape index (κ3) is 2.84. The summed E-state index contributed by atoms with van der Waals surface area (Å²) in [4.78, 5) is 4.40. The molecule has 0 spiro atoms. The van der Waals surface area contributed by atoms with E-state index in [1.165, 1.54) is 5.56 Å². The summed E-state index contributed by atoms with van der Waals surface area (Å²) >= 11 is 0. The molecule has 3 N–H and O–H groups in total. The predicted octanol–water partition coefficient (Wildman–Crippen LogP) is 2.65. The van der Waals surface area contributed by atoms with Gasteiger partial charge in [-0.2, -0.15) is 0 Å². The maximum atomic E-state index is 7.45. The molecule has 4 nitrogen and oxygen atoms in total. The van der Waals surface area contributed by atoms with Gasteiger partial charge in [0.2, 0.25) is 0 Å². The van der Waals surface area contributed by atoms with E-state index in [2.05, 4.69) is 23.4 Å². The summed E-state index contributed by atoms with van der Waals surface area (Å²) in [5.74, 6) is 1.61. The average molecular weight is 256 g/mol. The topological polar surface area (TPSA) is 67.7 Å². The Kier molecular flexibility index (Phi) is 3.69. The molecule has 1 aromatic heterocycles. The van der Waals surface area contributed by atoms with Gasteiger partial charge in [0.05, 0.1) is 0 Å². The molecule has 1 heterocycles. The van der Waals surface area contributed by atoms with Crippen molar-refractivity contribution in [3.05, 3.63) is 53.1 Å². The van der Waals surface area contributed by atoms with Crippen molar-refractivity contribution in [1.82, 2.24) is 9.55 Å². The van der Waals surface area contributed by atoms with E-state index >= 15 is 0 Å². The summed E-state index contributed by atoms with van der Waals surface area (Å²) in [6, 6.07) is 5.90. The molecule has 1 aromatic carbocycles. The van der Waals surface area contributed by atoms with E-state index in [4.69, 9.17) is 11.1 Å². The molecule has 0 bridgehead atoms. The summed E-state index contributed by atoms with van der Waals surface area (Å²) in [6.45, 7) is 7.14. The van der Waals surface area contributed by atoms with Crippen molar-refractivity contribution >= 4 is 5.84 Å². The maximum absolute atomic E-state index is 7.45. The van der Waals surface area contributed by atoms with Crippen molar-refractivity contribution in [2.75, 3.05) is 0 Å². The number of nitrogens with zero attached hydrogens (tertiary/aromatic N) is 2. The largest absolute Gasteiger partial charge is 0.384 e. The number of rotatable bonds is 4. The highest BCUT2D eigenvalue weighted by Crippen LogP contribution is 2.17. The van der Waals surface area contributed by atoms with Gasteiger partial charge in [0.15, 0.2) is 0 Å². The zero-order valence-electron chi connectivity index (χ0n) is 11.6. The number of imidazole rings is 1. The van der Waals surface area contributed by atoms with Crippen molar-refractivity contribution < 1.29 is 0 Å². The van der Waals surface area contributed by atoms with Gasteiger partial charge in [0, 0.05) is 30.4 Å². The van der Waals surface area contributed by atoms with Gasteiger partial charge in [-0.3, -0.25) is 5.41 Å². The molecule has 0 atom stereocenters. The molecule has 0 aliphatic carbocycles. The Morgan fingerprint density at radius 1 is 1.42 bits per heavy atom. The molecule has 0 radical (unpaired) electrons. The van der Waals surface area contributed by atoms with Crippen LogP contribution in [-0.2, 0) is 6.54 Å². The normalized spacial score (nSPS) is 10.9. The van der Waals surface area contributed by atoms with Gasteiger partial charge < -0.3 is 10.3 Å². The lowest BCUT2D eigenvalue weighted by Crippen LogP contribution is -2.12. The molecule has 0 aliphatic rings. The maximum Gasteiger partial charge on any atom is 0.122 e. The highest BCUT2D eigenvalue weighted by Gasteiger charge is 2.09. The third-order valence-electron chi connectivity index (χ3n) is 3.26. The van der Waals surface area contributed by atoms with Crippen LogP contribution in [0.2, 0.25) is 0 Å². The van der Waals surface area contributed by atoms with E-state index in [-0.39, 0.29) is 5.84 Å². The first kappa shape index (κ1) is 13.3. The first-order valence-corrected chi connectivity index (χ1v) is 6.44. The molecule has 0 saturated carbocycles. The zero-order chi connectivity index (χ0) is 14.0. The Hall–Kier alpha value is -2.10. The number of hydrogen-bond acceptors (Lipinski definition) is 2. The number of nitrogens with one attached hydrogen (secondary N) is 1. The van der Waals surface area contributed by atoms with Gasteiger partial charge in [0.1, 0.15) is 11.7 Å². The van der Waals surface area contributed by atoms with Crippen LogP contribution < -0.4 is 5.73 Å². The Morgan fingerprint density at radius 3 is 2.74 bits per heavy atom. The monoisotopic (exact) mass is 256 g/mol. The van der Waals surface area contributed by atoms with Crippen LogP contribution in [0.5, 0.6) is 0 Å². The first-order chi connectivity index (χ1) is 8.99. The Bertz CT molecular complexity index is 596. The Labute approximate surface area is 113 Å². The van der Waals surface area contributed by atoms with Crippen LogP contribution in [-0.4, -0.2) is 15.4 Å². The summed E-state index contributed by atoms with van der Waals surface area (Å²) < 4.78 is 2.17. The van der Waals surface area contributed by atoms with E-state index in [0.29, 0.717) is 5.92 Å². The molecule has 19 heavy (non-hydrogen) atoms. The van der Waals surface area contributed by atoms with Crippen LogP contribution in [0, 0.1) is 12.3 Å². The lowest BCUT2D eigenvalue weighted by molar-refractivity contribution is 0.668. The molecular weight excluding hydrogens is 236 g/mol. The number of nitrogen functional groups attached to an aromatic ring is 1. The number of nitrogens with two attached hydrogens (primary N) is 1. The standard InChI is InChI=1S/C15H20N4/c1-10(2)15-18-6-7-19(15)9-13-5-4-12(14(16)17)8-11(13)3/h4-8,10H,9H2,1-3H3,(H3,16,17). The Morgan fingerprint density at radius 2 is 2.16 bits per heavy atom. The zero-order valence-corrected chi connectivity index (χ0v) is 11.6. The second-order valence-corrected chi connectivity index (χ2v) is 5.12. The number of aryl methyl sites for hydroxylation is 1. The third-order valence-corrected chi connectivity index (χ3v) is 3.26. The second-order valence-electron chi connectivity index (χ2n) is 5.12. The number of hydrogen-bond donors (Lipinski definition) is 2. The lowest BCUT2D eigenvalue weighted by atomic mass is 10.0.